The third kappa shape index (κ3) is 2.31. The molecular formula is C11H12N2O3. The number of benzene rings is 1. The second-order valence-corrected chi connectivity index (χ2v) is 3.79. The van der Waals surface area contributed by atoms with Crippen LogP contribution in [-0.2, 0) is 0 Å². The standard InChI is InChI=1S/C11H12N2O3/c12-10(14)6-3-7(11(13)15)5-9(4-6)16-8-1-2-8/h3-5,8H,1-2H2,(H2,12,14)(H2,13,15). The number of amides is 2. The molecule has 1 saturated carbocycles. The highest BCUT2D eigenvalue weighted by Crippen LogP contribution is 2.28. The maximum Gasteiger partial charge on any atom is 0.248 e. The van der Waals surface area contributed by atoms with Crippen LogP contribution in [-0.4, -0.2) is 17.9 Å². The van der Waals surface area contributed by atoms with Crippen LogP contribution in [0.3, 0.4) is 0 Å². The number of primary amides is 2. The van der Waals surface area contributed by atoms with Crippen molar-refractivity contribution in [1.82, 2.24) is 0 Å². The zero-order chi connectivity index (χ0) is 11.7. The highest BCUT2D eigenvalue weighted by molar-refractivity contribution is 5.99. The molecule has 2 rings (SSSR count). The molecule has 0 aromatic heterocycles. The van der Waals surface area contributed by atoms with E-state index in [1.807, 2.05) is 0 Å². The van der Waals surface area contributed by atoms with E-state index < -0.39 is 11.8 Å². The first-order valence-electron chi connectivity index (χ1n) is 4.97. The molecule has 1 aliphatic rings. The second-order valence-electron chi connectivity index (χ2n) is 3.79. The van der Waals surface area contributed by atoms with Crippen molar-refractivity contribution in [2.75, 3.05) is 0 Å². The molecule has 0 unspecified atom stereocenters. The molecule has 1 aromatic rings. The number of carbonyl (C=O) groups excluding carboxylic acids is 2. The largest absolute Gasteiger partial charge is 0.490 e. The van der Waals surface area contributed by atoms with Gasteiger partial charge in [0.25, 0.3) is 0 Å². The van der Waals surface area contributed by atoms with Gasteiger partial charge in [0.05, 0.1) is 6.10 Å². The SMILES string of the molecule is NC(=O)c1cc(OC2CC2)cc(C(N)=O)c1. The Balaban J connectivity index is 2.35. The first kappa shape index (κ1) is 10.5. The van der Waals surface area contributed by atoms with Crippen LogP contribution < -0.4 is 16.2 Å². The minimum Gasteiger partial charge on any atom is -0.490 e. The van der Waals surface area contributed by atoms with Gasteiger partial charge in [-0.15, -0.1) is 0 Å². The lowest BCUT2D eigenvalue weighted by Gasteiger charge is -2.07. The number of hydrogen-bond acceptors (Lipinski definition) is 3. The lowest BCUT2D eigenvalue weighted by Crippen LogP contribution is -2.16. The predicted octanol–water partition coefficient (Wildman–Crippen LogP) is 0.426. The summed E-state index contributed by atoms with van der Waals surface area (Å²) in [6.45, 7) is 0. The molecule has 5 nitrogen and oxygen atoms in total. The molecule has 1 fully saturated rings. The van der Waals surface area contributed by atoms with Crippen molar-refractivity contribution in [1.29, 1.82) is 0 Å². The minimum absolute atomic E-state index is 0.184. The zero-order valence-corrected chi connectivity index (χ0v) is 8.60. The van der Waals surface area contributed by atoms with Crippen LogP contribution in [0.15, 0.2) is 18.2 Å². The average molecular weight is 220 g/mol. The lowest BCUT2D eigenvalue weighted by molar-refractivity contribution is 0.0999. The van der Waals surface area contributed by atoms with E-state index in [0.29, 0.717) is 5.75 Å². The third-order valence-electron chi connectivity index (χ3n) is 2.30. The van der Waals surface area contributed by atoms with Crippen LogP contribution in [0.5, 0.6) is 5.75 Å². The Hall–Kier alpha value is -2.04. The van der Waals surface area contributed by atoms with E-state index in [1.54, 1.807) is 0 Å². The van der Waals surface area contributed by atoms with Gasteiger partial charge >= 0.3 is 0 Å². The van der Waals surface area contributed by atoms with Gasteiger partial charge in [-0.2, -0.15) is 0 Å². The first-order valence-corrected chi connectivity index (χ1v) is 4.97. The smallest absolute Gasteiger partial charge is 0.248 e. The van der Waals surface area contributed by atoms with E-state index in [0.717, 1.165) is 12.8 Å². The molecule has 5 heteroatoms. The molecular weight excluding hydrogens is 208 g/mol. The monoisotopic (exact) mass is 220 g/mol. The van der Waals surface area contributed by atoms with Gasteiger partial charge in [-0.25, -0.2) is 0 Å². The fourth-order valence-corrected chi connectivity index (χ4v) is 1.33. The summed E-state index contributed by atoms with van der Waals surface area (Å²) in [5.41, 5.74) is 10.8. The van der Waals surface area contributed by atoms with Crippen LogP contribution in [0.4, 0.5) is 0 Å². The molecule has 0 bridgehead atoms. The van der Waals surface area contributed by atoms with Gasteiger partial charge in [-0.05, 0) is 31.0 Å². The molecule has 0 spiro atoms. The number of hydrogen-bond donors (Lipinski definition) is 2. The zero-order valence-electron chi connectivity index (χ0n) is 8.60. The number of ether oxygens (including phenoxy) is 1. The summed E-state index contributed by atoms with van der Waals surface area (Å²) in [5, 5.41) is 0. The molecule has 0 aliphatic heterocycles. The normalized spacial score (nSPS) is 14.5. The summed E-state index contributed by atoms with van der Waals surface area (Å²) in [5.74, 6) is -0.750. The lowest BCUT2D eigenvalue weighted by atomic mass is 10.1. The minimum atomic E-state index is -0.608. The maximum atomic E-state index is 11.0. The van der Waals surface area contributed by atoms with Crippen molar-refractivity contribution in [3.05, 3.63) is 29.3 Å². The molecule has 0 heterocycles. The molecule has 16 heavy (non-hydrogen) atoms. The Morgan fingerprint density at radius 2 is 1.56 bits per heavy atom. The van der Waals surface area contributed by atoms with Gasteiger partial charge in [0, 0.05) is 11.1 Å². The van der Waals surface area contributed by atoms with Crippen molar-refractivity contribution in [2.45, 2.75) is 18.9 Å². The van der Waals surface area contributed by atoms with Crippen molar-refractivity contribution in [3.8, 4) is 5.75 Å². The Kier molecular flexibility index (Phi) is 2.52. The van der Waals surface area contributed by atoms with Crippen molar-refractivity contribution >= 4 is 11.8 Å². The fourth-order valence-electron chi connectivity index (χ4n) is 1.33. The molecule has 1 aliphatic carbocycles. The van der Waals surface area contributed by atoms with Crippen LogP contribution >= 0.6 is 0 Å². The van der Waals surface area contributed by atoms with Crippen LogP contribution in [0.1, 0.15) is 33.6 Å². The molecule has 0 atom stereocenters. The Morgan fingerprint density at radius 1 is 1.06 bits per heavy atom. The number of carbonyl (C=O) groups is 2. The van der Waals surface area contributed by atoms with Crippen molar-refractivity contribution in [2.24, 2.45) is 11.5 Å². The first-order chi connectivity index (χ1) is 7.56. The van der Waals surface area contributed by atoms with Gasteiger partial charge in [0.2, 0.25) is 11.8 Å². The van der Waals surface area contributed by atoms with E-state index in [-0.39, 0.29) is 17.2 Å². The average Bonchev–Trinajstić information content (AvgIpc) is 3.01. The Labute approximate surface area is 92.4 Å². The molecule has 0 radical (unpaired) electrons. The maximum absolute atomic E-state index is 11.0. The van der Waals surface area contributed by atoms with E-state index in [2.05, 4.69) is 0 Å². The summed E-state index contributed by atoms with van der Waals surface area (Å²) < 4.78 is 5.49. The van der Waals surface area contributed by atoms with E-state index in [9.17, 15) is 9.59 Å². The van der Waals surface area contributed by atoms with E-state index >= 15 is 0 Å². The molecule has 4 N–H and O–H groups in total. The van der Waals surface area contributed by atoms with Crippen LogP contribution in [0.25, 0.3) is 0 Å². The van der Waals surface area contributed by atoms with Gasteiger partial charge in [-0.3, -0.25) is 9.59 Å². The van der Waals surface area contributed by atoms with Crippen LogP contribution in [0, 0.1) is 0 Å². The summed E-state index contributed by atoms with van der Waals surface area (Å²) in [6.07, 6.45) is 2.17. The fraction of sp³-hybridized carbons (Fsp3) is 0.273. The summed E-state index contributed by atoms with van der Waals surface area (Å²) >= 11 is 0. The van der Waals surface area contributed by atoms with Gasteiger partial charge in [0.15, 0.2) is 0 Å². The van der Waals surface area contributed by atoms with Crippen molar-refractivity contribution < 1.29 is 14.3 Å². The summed E-state index contributed by atoms with van der Waals surface area (Å²) in [7, 11) is 0. The van der Waals surface area contributed by atoms with Gasteiger partial charge in [0.1, 0.15) is 5.75 Å². The quantitative estimate of drug-likeness (QED) is 0.769. The molecule has 0 saturated heterocycles. The molecule has 1 aromatic carbocycles. The van der Waals surface area contributed by atoms with Gasteiger partial charge < -0.3 is 16.2 Å². The molecule has 84 valence electrons. The van der Waals surface area contributed by atoms with Crippen LogP contribution in [0.2, 0.25) is 0 Å². The summed E-state index contributed by atoms with van der Waals surface area (Å²) in [4.78, 5) is 22.1. The van der Waals surface area contributed by atoms with E-state index in [4.69, 9.17) is 16.2 Å². The topological polar surface area (TPSA) is 95.4 Å². The van der Waals surface area contributed by atoms with E-state index in [1.165, 1.54) is 18.2 Å². The molecule has 2 amide bonds. The Bertz CT molecular complexity index is 420. The second kappa shape index (κ2) is 3.84. The highest BCUT2D eigenvalue weighted by atomic mass is 16.5. The summed E-state index contributed by atoms with van der Waals surface area (Å²) in [6, 6.07) is 4.41. The number of nitrogens with two attached hydrogens (primary N) is 2. The highest BCUT2D eigenvalue weighted by Gasteiger charge is 2.24. The third-order valence-corrected chi connectivity index (χ3v) is 2.30. The predicted molar refractivity (Wildman–Crippen MR) is 57.1 cm³/mol. The van der Waals surface area contributed by atoms with Crippen molar-refractivity contribution in [3.63, 3.8) is 0 Å². The Morgan fingerprint density at radius 3 is 1.94 bits per heavy atom. The van der Waals surface area contributed by atoms with Gasteiger partial charge in [-0.1, -0.05) is 0 Å². The number of rotatable bonds is 4.